The fraction of sp³-hybridized carbons (Fsp3) is 0.474. The van der Waals surface area contributed by atoms with Gasteiger partial charge >= 0.3 is 0 Å². The van der Waals surface area contributed by atoms with Crippen LogP contribution in [-0.2, 0) is 10.0 Å². The molecular weight excluding hydrogens is 334 g/mol. The van der Waals surface area contributed by atoms with Gasteiger partial charge in [0.05, 0.1) is 10.6 Å². The molecule has 1 saturated heterocycles. The molecule has 2 heterocycles. The normalized spacial score (nSPS) is 20.2. The standard InChI is InChI=1S/C19H25N3O2S/c1-3-10-21-11-5-12-22(14-13-21)16-8-9-17-19-15(16)6-4-7-18(19)25(23,24)20(17)2/h4,6-9H,3,5,10-14H2,1-2H3. The summed E-state index contributed by atoms with van der Waals surface area (Å²) in [6.07, 6.45) is 2.33. The summed E-state index contributed by atoms with van der Waals surface area (Å²) in [4.78, 5) is 5.38. The van der Waals surface area contributed by atoms with Crippen LogP contribution in [0, 0.1) is 0 Å². The summed E-state index contributed by atoms with van der Waals surface area (Å²) in [5.74, 6) is 0. The van der Waals surface area contributed by atoms with E-state index in [4.69, 9.17) is 0 Å². The molecule has 134 valence electrons. The molecule has 0 N–H and O–H groups in total. The molecule has 0 saturated carbocycles. The van der Waals surface area contributed by atoms with Crippen LogP contribution in [-0.4, -0.2) is 53.1 Å². The second kappa shape index (κ2) is 6.18. The highest BCUT2D eigenvalue weighted by Gasteiger charge is 2.34. The van der Waals surface area contributed by atoms with Crippen LogP contribution in [0.15, 0.2) is 35.2 Å². The van der Waals surface area contributed by atoms with E-state index in [9.17, 15) is 8.42 Å². The maximum Gasteiger partial charge on any atom is 0.264 e. The van der Waals surface area contributed by atoms with Crippen molar-refractivity contribution in [3.05, 3.63) is 30.3 Å². The number of sulfonamides is 1. The van der Waals surface area contributed by atoms with Crippen molar-refractivity contribution in [2.24, 2.45) is 0 Å². The minimum atomic E-state index is -3.40. The van der Waals surface area contributed by atoms with Crippen molar-refractivity contribution in [3.63, 3.8) is 0 Å². The summed E-state index contributed by atoms with van der Waals surface area (Å²) in [6, 6.07) is 9.69. The van der Waals surface area contributed by atoms with Gasteiger partial charge in [-0.25, -0.2) is 8.42 Å². The third-order valence-electron chi connectivity index (χ3n) is 5.40. The van der Waals surface area contributed by atoms with Crippen molar-refractivity contribution in [1.29, 1.82) is 0 Å². The molecule has 2 aromatic carbocycles. The number of nitrogens with zero attached hydrogens (tertiary/aromatic N) is 3. The Labute approximate surface area is 149 Å². The lowest BCUT2D eigenvalue weighted by atomic mass is 10.1. The van der Waals surface area contributed by atoms with Crippen LogP contribution in [0.2, 0.25) is 0 Å². The average Bonchev–Trinajstić information content (AvgIpc) is 2.77. The fourth-order valence-corrected chi connectivity index (χ4v) is 5.55. The van der Waals surface area contributed by atoms with Gasteiger partial charge in [-0.1, -0.05) is 19.1 Å². The molecule has 0 atom stereocenters. The highest BCUT2D eigenvalue weighted by molar-refractivity contribution is 7.93. The third kappa shape index (κ3) is 2.59. The molecule has 2 aliphatic rings. The van der Waals surface area contributed by atoms with Crippen molar-refractivity contribution in [2.75, 3.05) is 49.0 Å². The van der Waals surface area contributed by atoms with Crippen molar-refractivity contribution >= 4 is 32.2 Å². The molecule has 0 amide bonds. The van der Waals surface area contributed by atoms with Gasteiger partial charge in [0, 0.05) is 43.1 Å². The van der Waals surface area contributed by atoms with Gasteiger partial charge in [0.25, 0.3) is 10.0 Å². The topological polar surface area (TPSA) is 43.9 Å². The van der Waals surface area contributed by atoms with Crippen LogP contribution in [0.25, 0.3) is 10.8 Å². The SMILES string of the molecule is CCCN1CCCN(c2ccc3c4c(cccc24)S(=O)(=O)N3C)CC1. The monoisotopic (exact) mass is 359 g/mol. The Morgan fingerprint density at radius 1 is 1.00 bits per heavy atom. The van der Waals surface area contributed by atoms with E-state index in [1.54, 1.807) is 13.1 Å². The first-order valence-corrected chi connectivity index (χ1v) is 10.5. The first-order valence-electron chi connectivity index (χ1n) is 9.06. The van der Waals surface area contributed by atoms with E-state index in [1.807, 2.05) is 12.1 Å². The highest BCUT2D eigenvalue weighted by Crippen LogP contribution is 2.44. The maximum atomic E-state index is 12.6. The van der Waals surface area contributed by atoms with E-state index < -0.39 is 10.0 Å². The second-order valence-corrected chi connectivity index (χ2v) is 8.87. The summed E-state index contributed by atoms with van der Waals surface area (Å²) >= 11 is 0. The van der Waals surface area contributed by atoms with Crippen molar-refractivity contribution < 1.29 is 8.42 Å². The van der Waals surface area contributed by atoms with Gasteiger partial charge in [0.2, 0.25) is 0 Å². The van der Waals surface area contributed by atoms with Crippen LogP contribution in [0.3, 0.4) is 0 Å². The van der Waals surface area contributed by atoms with Gasteiger partial charge in [-0.05, 0) is 44.1 Å². The largest absolute Gasteiger partial charge is 0.370 e. The van der Waals surface area contributed by atoms with Gasteiger partial charge < -0.3 is 9.80 Å². The lowest BCUT2D eigenvalue weighted by Crippen LogP contribution is -2.31. The summed E-state index contributed by atoms with van der Waals surface area (Å²) in [5.41, 5.74) is 1.95. The van der Waals surface area contributed by atoms with Crippen molar-refractivity contribution in [2.45, 2.75) is 24.7 Å². The lowest BCUT2D eigenvalue weighted by molar-refractivity contribution is 0.294. The van der Waals surface area contributed by atoms with E-state index in [2.05, 4.69) is 28.9 Å². The molecule has 5 nitrogen and oxygen atoms in total. The molecule has 0 aromatic heterocycles. The zero-order chi connectivity index (χ0) is 17.6. The zero-order valence-corrected chi connectivity index (χ0v) is 15.7. The molecule has 0 unspecified atom stereocenters. The molecule has 6 heteroatoms. The summed E-state index contributed by atoms with van der Waals surface area (Å²) in [7, 11) is -1.76. The van der Waals surface area contributed by atoms with Gasteiger partial charge in [-0.15, -0.1) is 0 Å². The smallest absolute Gasteiger partial charge is 0.264 e. The highest BCUT2D eigenvalue weighted by atomic mass is 32.2. The Morgan fingerprint density at radius 2 is 1.80 bits per heavy atom. The van der Waals surface area contributed by atoms with Crippen LogP contribution in [0.5, 0.6) is 0 Å². The first-order chi connectivity index (χ1) is 12.0. The summed E-state index contributed by atoms with van der Waals surface area (Å²) < 4.78 is 26.7. The Bertz CT molecular complexity index is 910. The molecule has 0 spiro atoms. The van der Waals surface area contributed by atoms with Crippen molar-refractivity contribution in [1.82, 2.24) is 4.90 Å². The first kappa shape index (κ1) is 16.7. The molecule has 4 rings (SSSR count). The van der Waals surface area contributed by atoms with Crippen LogP contribution in [0.4, 0.5) is 11.4 Å². The number of hydrogen-bond donors (Lipinski definition) is 0. The van der Waals surface area contributed by atoms with Gasteiger partial charge in [-0.2, -0.15) is 0 Å². The van der Waals surface area contributed by atoms with Gasteiger partial charge in [0.1, 0.15) is 0 Å². The summed E-state index contributed by atoms with van der Waals surface area (Å²) in [6.45, 7) is 7.59. The minimum absolute atomic E-state index is 0.437. The maximum absolute atomic E-state index is 12.6. The molecule has 2 aliphatic heterocycles. The zero-order valence-electron chi connectivity index (χ0n) is 14.9. The molecular formula is C19H25N3O2S. The van der Waals surface area contributed by atoms with E-state index >= 15 is 0 Å². The Hall–Kier alpha value is -1.79. The lowest BCUT2D eigenvalue weighted by Gasteiger charge is -2.25. The summed E-state index contributed by atoms with van der Waals surface area (Å²) in [5, 5.41) is 1.92. The predicted molar refractivity (Wildman–Crippen MR) is 103 cm³/mol. The van der Waals surface area contributed by atoms with Crippen LogP contribution >= 0.6 is 0 Å². The van der Waals surface area contributed by atoms with Gasteiger partial charge in [0.15, 0.2) is 0 Å². The molecule has 2 aromatic rings. The van der Waals surface area contributed by atoms with E-state index in [1.165, 1.54) is 10.7 Å². The van der Waals surface area contributed by atoms with E-state index in [0.717, 1.165) is 61.3 Å². The number of hydrogen-bond acceptors (Lipinski definition) is 4. The molecule has 0 bridgehead atoms. The van der Waals surface area contributed by atoms with E-state index in [-0.39, 0.29) is 0 Å². The quantitative estimate of drug-likeness (QED) is 0.845. The molecule has 1 fully saturated rings. The Morgan fingerprint density at radius 3 is 2.60 bits per heavy atom. The number of rotatable bonds is 3. The molecule has 0 aliphatic carbocycles. The number of anilines is 2. The van der Waals surface area contributed by atoms with Gasteiger partial charge in [-0.3, -0.25) is 4.31 Å². The third-order valence-corrected chi connectivity index (χ3v) is 7.22. The average molecular weight is 359 g/mol. The van der Waals surface area contributed by atoms with E-state index in [0.29, 0.717) is 4.90 Å². The fourth-order valence-electron chi connectivity index (χ4n) is 4.12. The molecule has 25 heavy (non-hydrogen) atoms. The predicted octanol–water partition coefficient (Wildman–Crippen LogP) is 2.90. The Kier molecular flexibility index (Phi) is 4.12. The second-order valence-electron chi connectivity index (χ2n) is 6.94. The van der Waals surface area contributed by atoms with Crippen LogP contribution in [0.1, 0.15) is 19.8 Å². The number of benzene rings is 2. The van der Waals surface area contributed by atoms with Crippen molar-refractivity contribution in [3.8, 4) is 0 Å². The van der Waals surface area contributed by atoms with Crippen LogP contribution < -0.4 is 9.21 Å². The Balaban J connectivity index is 1.77. The molecule has 0 radical (unpaired) electrons. The minimum Gasteiger partial charge on any atom is -0.370 e.